The van der Waals surface area contributed by atoms with Crippen molar-refractivity contribution in [2.45, 2.75) is 12.5 Å². The normalized spacial score (nSPS) is 16.2. The minimum absolute atomic E-state index is 0.311. The summed E-state index contributed by atoms with van der Waals surface area (Å²) in [5.41, 5.74) is 1.10. The van der Waals surface area contributed by atoms with Crippen molar-refractivity contribution in [3.8, 4) is 11.5 Å². The van der Waals surface area contributed by atoms with E-state index in [1.807, 2.05) is 18.2 Å². The zero-order chi connectivity index (χ0) is 21.2. The van der Waals surface area contributed by atoms with Gasteiger partial charge in [0.15, 0.2) is 5.96 Å². The molecular weight excluding hydrogens is 400 g/mol. The summed E-state index contributed by atoms with van der Waals surface area (Å²) >= 11 is 1.80. The van der Waals surface area contributed by atoms with Gasteiger partial charge in [0.25, 0.3) is 0 Å². The number of ether oxygens (including phenoxy) is 3. The lowest BCUT2D eigenvalue weighted by atomic mass is 10.1. The number of hydrogen-bond donors (Lipinski definition) is 2. The van der Waals surface area contributed by atoms with Crippen LogP contribution in [0.2, 0.25) is 0 Å². The molecule has 1 aromatic heterocycles. The van der Waals surface area contributed by atoms with E-state index in [0.29, 0.717) is 6.04 Å². The van der Waals surface area contributed by atoms with Crippen LogP contribution in [0.5, 0.6) is 11.5 Å². The van der Waals surface area contributed by atoms with E-state index < -0.39 is 0 Å². The van der Waals surface area contributed by atoms with Gasteiger partial charge in [0.05, 0.1) is 33.5 Å². The Morgan fingerprint density at radius 3 is 2.70 bits per heavy atom. The number of guanidine groups is 1. The van der Waals surface area contributed by atoms with Crippen molar-refractivity contribution in [2.75, 3.05) is 60.7 Å². The van der Waals surface area contributed by atoms with Crippen molar-refractivity contribution in [2.24, 2.45) is 4.99 Å². The van der Waals surface area contributed by atoms with Crippen LogP contribution >= 0.6 is 11.3 Å². The summed E-state index contributed by atoms with van der Waals surface area (Å²) in [6.45, 7) is 5.01. The molecule has 3 rings (SSSR count). The summed E-state index contributed by atoms with van der Waals surface area (Å²) in [6, 6.07) is 10.5. The Morgan fingerprint density at radius 1 is 1.20 bits per heavy atom. The number of hydrogen-bond acceptors (Lipinski definition) is 6. The van der Waals surface area contributed by atoms with Gasteiger partial charge in [-0.05, 0) is 41.6 Å². The lowest BCUT2D eigenvalue weighted by Gasteiger charge is -2.34. The number of thiophene rings is 1. The number of nitrogens with one attached hydrogen (secondary N) is 2. The molecule has 1 aliphatic rings. The molecule has 1 aliphatic heterocycles. The fourth-order valence-electron chi connectivity index (χ4n) is 3.59. The Labute approximate surface area is 183 Å². The van der Waals surface area contributed by atoms with E-state index in [4.69, 9.17) is 14.2 Å². The quantitative estimate of drug-likeness (QED) is 0.469. The number of aliphatic imine (C=N–C) groups is 1. The van der Waals surface area contributed by atoms with E-state index in [1.54, 1.807) is 32.6 Å². The van der Waals surface area contributed by atoms with Crippen molar-refractivity contribution >= 4 is 17.3 Å². The Bertz CT molecular complexity index is 792. The van der Waals surface area contributed by atoms with Gasteiger partial charge in [-0.2, -0.15) is 0 Å². The topological polar surface area (TPSA) is 67.4 Å². The van der Waals surface area contributed by atoms with Crippen LogP contribution in [0, 0.1) is 0 Å². The van der Waals surface area contributed by atoms with Gasteiger partial charge in [-0.15, -0.1) is 11.3 Å². The fraction of sp³-hybridized carbons (Fsp3) is 0.500. The van der Waals surface area contributed by atoms with Gasteiger partial charge in [-0.3, -0.25) is 9.89 Å². The highest BCUT2D eigenvalue weighted by Crippen LogP contribution is 2.26. The highest BCUT2D eigenvalue weighted by Gasteiger charge is 2.23. The number of morpholine rings is 1. The number of benzene rings is 1. The van der Waals surface area contributed by atoms with E-state index in [1.165, 1.54) is 4.88 Å². The predicted octanol–water partition coefficient (Wildman–Crippen LogP) is 2.55. The molecule has 2 heterocycles. The smallest absolute Gasteiger partial charge is 0.191 e. The van der Waals surface area contributed by atoms with E-state index >= 15 is 0 Å². The Balaban J connectivity index is 1.55. The standard InChI is InChI=1S/C22H32N4O3S/c1-23-22(24-9-8-17-15-18(27-2)6-7-20(17)28-3)25-16-19(21-5-4-14-30-21)26-10-12-29-13-11-26/h4-7,14-15,19H,8-13,16H2,1-3H3,(H2,23,24,25). The molecule has 1 atom stereocenters. The summed E-state index contributed by atoms with van der Waals surface area (Å²) in [7, 11) is 5.17. The van der Waals surface area contributed by atoms with Gasteiger partial charge in [0, 0.05) is 38.1 Å². The molecule has 8 heteroatoms. The lowest BCUT2D eigenvalue weighted by Crippen LogP contribution is -2.46. The maximum Gasteiger partial charge on any atom is 0.191 e. The van der Waals surface area contributed by atoms with Crippen molar-refractivity contribution < 1.29 is 14.2 Å². The average molecular weight is 433 g/mol. The Kier molecular flexibility index (Phi) is 8.80. The highest BCUT2D eigenvalue weighted by atomic mass is 32.1. The van der Waals surface area contributed by atoms with Crippen molar-refractivity contribution in [1.82, 2.24) is 15.5 Å². The second-order valence-corrected chi connectivity index (χ2v) is 7.97. The third kappa shape index (κ3) is 6.10. The van der Waals surface area contributed by atoms with Crippen LogP contribution in [-0.2, 0) is 11.2 Å². The predicted molar refractivity (Wildman–Crippen MR) is 122 cm³/mol. The molecule has 0 spiro atoms. The van der Waals surface area contributed by atoms with E-state index in [0.717, 1.165) is 68.8 Å². The van der Waals surface area contributed by atoms with Crippen LogP contribution in [-0.4, -0.2) is 71.5 Å². The zero-order valence-corrected chi connectivity index (χ0v) is 18.8. The van der Waals surface area contributed by atoms with Crippen LogP contribution in [0.4, 0.5) is 0 Å². The van der Waals surface area contributed by atoms with Crippen molar-refractivity contribution in [1.29, 1.82) is 0 Å². The molecule has 0 bridgehead atoms. The van der Waals surface area contributed by atoms with Crippen LogP contribution in [0.15, 0.2) is 40.7 Å². The summed E-state index contributed by atoms with van der Waals surface area (Å²) in [4.78, 5) is 8.24. The highest BCUT2D eigenvalue weighted by molar-refractivity contribution is 7.10. The first-order valence-electron chi connectivity index (χ1n) is 10.3. The minimum Gasteiger partial charge on any atom is -0.497 e. The molecule has 1 aromatic carbocycles. The molecule has 0 amide bonds. The molecule has 2 aromatic rings. The van der Waals surface area contributed by atoms with Crippen molar-refractivity contribution in [3.63, 3.8) is 0 Å². The summed E-state index contributed by atoms with van der Waals surface area (Å²) in [5.74, 6) is 2.50. The maximum absolute atomic E-state index is 5.53. The molecule has 1 saturated heterocycles. The third-order valence-electron chi connectivity index (χ3n) is 5.22. The van der Waals surface area contributed by atoms with Gasteiger partial charge in [-0.1, -0.05) is 6.07 Å². The molecule has 7 nitrogen and oxygen atoms in total. The Hall–Kier alpha value is -2.29. The second-order valence-electron chi connectivity index (χ2n) is 6.99. The first kappa shape index (κ1) is 22.4. The number of nitrogens with zero attached hydrogens (tertiary/aromatic N) is 2. The average Bonchev–Trinajstić information content (AvgIpc) is 3.33. The van der Waals surface area contributed by atoms with E-state index in [-0.39, 0.29) is 0 Å². The Morgan fingerprint density at radius 2 is 2.03 bits per heavy atom. The second kappa shape index (κ2) is 11.8. The number of rotatable bonds is 9. The molecule has 0 aliphatic carbocycles. The van der Waals surface area contributed by atoms with Crippen LogP contribution in [0.3, 0.4) is 0 Å². The molecule has 164 valence electrons. The van der Waals surface area contributed by atoms with E-state index in [2.05, 4.69) is 38.0 Å². The summed E-state index contributed by atoms with van der Waals surface area (Å²) < 4.78 is 16.3. The zero-order valence-electron chi connectivity index (χ0n) is 18.0. The molecular formula is C22H32N4O3S. The van der Waals surface area contributed by atoms with Crippen molar-refractivity contribution in [3.05, 3.63) is 46.2 Å². The molecule has 2 N–H and O–H groups in total. The van der Waals surface area contributed by atoms with Crippen LogP contribution in [0.25, 0.3) is 0 Å². The number of methoxy groups -OCH3 is 2. The SMILES string of the molecule is CN=C(NCCc1cc(OC)ccc1OC)NCC(c1cccs1)N1CCOCC1. The monoisotopic (exact) mass is 432 g/mol. The van der Waals surface area contributed by atoms with Crippen LogP contribution in [0.1, 0.15) is 16.5 Å². The molecule has 1 unspecified atom stereocenters. The van der Waals surface area contributed by atoms with Crippen LogP contribution < -0.4 is 20.1 Å². The molecule has 1 fully saturated rings. The van der Waals surface area contributed by atoms with Gasteiger partial charge in [0.1, 0.15) is 11.5 Å². The fourth-order valence-corrected chi connectivity index (χ4v) is 4.45. The van der Waals surface area contributed by atoms with Gasteiger partial charge in [0.2, 0.25) is 0 Å². The van der Waals surface area contributed by atoms with E-state index in [9.17, 15) is 0 Å². The third-order valence-corrected chi connectivity index (χ3v) is 6.19. The van der Waals surface area contributed by atoms with Gasteiger partial charge < -0.3 is 24.8 Å². The molecule has 30 heavy (non-hydrogen) atoms. The first-order chi connectivity index (χ1) is 14.7. The maximum atomic E-state index is 5.53. The molecule has 0 saturated carbocycles. The first-order valence-corrected chi connectivity index (χ1v) is 11.1. The van der Waals surface area contributed by atoms with Gasteiger partial charge in [-0.25, -0.2) is 0 Å². The van der Waals surface area contributed by atoms with Gasteiger partial charge >= 0.3 is 0 Å². The summed E-state index contributed by atoms with van der Waals surface area (Å²) in [5, 5.41) is 9.05. The minimum atomic E-state index is 0.311. The summed E-state index contributed by atoms with van der Waals surface area (Å²) in [6.07, 6.45) is 0.804. The lowest BCUT2D eigenvalue weighted by molar-refractivity contribution is 0.0177. The largest absolute Gasteiger partial charge is 0.497 e. The molecule has 0 radical (unpaired) electrons.